The average molecular weight is 296 g/mol. The number of halogens is 1. The first-order valence-corrected chi connectivity index (χ1v) is 6.85. The Morgan fingerprint density at radius 2 is 2.18 bits per heavy atom. The average Bonchev–Trinajstić information content (AvgIpc) is 2.49. The molecule has 1 amide bonds. The molecule has 4 heteroatoms. The van der Waals surface area contributed by atoms with Gasteiger partial charge in [-0.3, -0.25) is 9.59 Å². The molecule has 1 aliphatic rings. The van der Waals surface area contributed by atoms with Crippen molar-refractivity contribution in [3.05, 3.63) is 29.3 Å². The number of carbonyl (C=O) groups is 2. The van der Waals surface area contributed by atoms with Gasteiger partial charge in [0.1, 0.15) is 0 Å². The molecule has 0 saturated carbocycles. The standard InChI is InChI=1S/C13H14BrNO2/c14-7-6-12(16)10-4-5-11-9(8-10)2-1-3-13(17)15-11/h4-5,8H,1-3,6-7H2,(H,15,17). The molecule has 90 valence electrons. The number of fused-ring (bicyclic) bond motifs is 1. The zero-order chi connectivity index (χ0) is 12.3. The number of Topliss-reactive ketones (excluding diaryl/α,β-unsaturated/α-hetero) is 1. The number of hydrogen-bond acceptors (Lipinski definition) is 2. The second-order valence-electron chi connectivity index (χ2n) is 4.14. The molecule has 1 heterocycles. The minimum atomic E-state index is 0.0586. The summed E-state index contributed by atoms with van der Waals surface area (Å²) < 4.78 is 0. The number of carbonyl (C=O) groups excluding carboxylic acids is 2. The van der Waals surface area contributed by atoms with Gasteiger partial charge in [0.25, 0.3) is 0 Å². The van der Waals surface area contributed by atoms with Gasteiger partial charge in [0, 0.05) is 29.4 Å². The van der Waals surface area contributed by atoms with Crippen LogP contribution in [0, 0.1) is 0 Å². The van der Waals surface area contributed by atoms with Gasteiger partial charge in [-0.05, 0) is 36.6 Å². The summed E-state index contributed by atoms with van der Waals surface area (Å²) in [7, 11) is 0. The summed E-state index contributed by atoms with van der Waals surface area (Å²) in [4.78, 5) is 23.1. The third kappa shape index (κ3) is 2.94. The highest BCUT2D eigenvalue weighted by Crippen LogP contribution is 2.23. The Morgan fingerprint density at radius 3 is 2.94 bits per heavy atom. The molecule has 0 saturated heterocycles. The highest BCUT2D eigenvalue weighted by atomic mass is 79.9. The van der Waals surface area contributed by atoms with Crippen molar-refractivity contribution in [3.8, 4) is 0 Å². The van der Waals surface area contributed by atoms with Crippen molar-refractivity contribution in [1.29, 1.82) is 0 Å². The highest BCUT2D eigenvalue weighted by Gasteiger charge is 2.14. The van der Waals surface area contributed by atoms with Crippen LogP contribution >= 0.6 is 15.9 Å². The van der Waals surface area contributed by atoms with Gasteiger partial charge in [-0.25, -0.2) is 0 Å². The molecule has 0 aromatic heterocycles. The lowest BCUT2D eigenvalue weighted by atomic mass is 10.0. The van der Waals surface area contributed by atoms with Crippen LogP contribution in [-0.2, 0) is 11.2 Å². The SMILES string of the molecule is O=C1CCCc2cc(C(=O)CCBr)ccc2N1. The summed E-state index contributed by atoms with van der Waals surface area (Å²) in [5.74, 6) is 0.198. The van der Waals surface area contributed by atoms with Gasteiger partial charge in [-0.15, -0.1) is 0 Å². The van der Waals surface area contributed by atoms with Crippen LogP contribution in [0.5, 0.6) is 0 Å². The van der Waals surface area contributed by atoms with Gasteiger partial charge >= 0.3 is 0 Å². The summed E-state index contributed by atoms with van der Waals surface area (Å²) in [6.45, 7) is 0. The van der Waals surface area contributed by atoms with Crippen molar-refractivity contribution in [2.45, 2.75) is 25.7 Å². The first-order chi connectivity index (χ1) is 8.20. The van der Waals surface area contributed by atoms with Crippen molar-refractivity contribution in [2.24, 2.45) is 0 Å². The Labute approximate surface area is 109 Å². The summed E-state index contributed by atoms with van der Waals surface area (Å²) in [5.41, 5.74) is 2.65. The Morgan fingerprint density at radius 1 is 1.35 bits per heavy atom. The van der Waals surface area contributed by atoms with Crippen molar-refractivity contribution in [1.82, 2.24) is 0 Å². The first-order valence-electron chi connectivity index (χ1n) is 5.72. The van der Waals surface area contributed by atoms with E-state index in [0.29, 0.717) is 18.2 Å². The van der Waals surface area contributed by atoms with Crippen molar-refractivity contribution < 1.29 is 9.59 Å². The lowest BCUT2D eigenvalue weighted by Crippen LogP contribution is -2.09. The van der Waals surface area contributed by atoms with Crippen LogP contribution in [0.15, 0.2) is 18.2 Å². The number of amides is 1. The Hall–Kier alpha value is -1.16. The number of alkyl halides is 1. The highest BCUT2D eigenvalue weighted by molar-refractivity contribution is 9.09. The second kappa shape index (κ2) is 5.45. The summed E-state index contributed by atoms with van der Waals surface area (Å²) in [5, 5.41) is 3.54. The summed E-state index contributed by atoms with van der Waals surface area (Å²) in [6, 6.07) is 5.53. The molecule has 0 bridgehead atoms. The molecule has 0 aliphatic carbocycles. The van der Waals surface area contributed by atoms with Crippen molar-refractivity contribution in [3.63, 3.8) is 0 Å². The van der Waals surface area contributed by atoms with Gasteiger partial charge in [-0.1, -0.05) is 15.9 Å². The van der Waals surface area contributed by atoms with Crippen LogP contribution in [0.2, 0.25) is 0 Å². The molecule has 3 nitrogen and oxygen atoms in total. The predicted molar refractivity (Wildman–Crippen MR) is 70.8 cm³/mol. The van der Waals surface area contributed by atoms with E-state index in [9.17, 15) is 9.59 Å². The van der Waals surface area contributed by atoms with Crippen LogP contribution < -0.4 is 5.32 Å². The molecular weight excluding hydrogens is 282 g/mol. The van der Waals surface area contributed by atoms with E-state index in [2.05, 4.69) is 21.2 Å². The normalized spacial score (nSPS) is 14.8. The van der Waals surface area contributed by atoms with E-state index in [4.69, 9.17) is 0 Å². The smallest absolute Gasteiger partial charge is 0.224 e. The molecule has 0 unspecified atom stereocenters. The second-order valence-corrected chi connectivity index (χ2v) is 4.93. The number of benzene rings is 1. The maximum Gasteiger partial charge on any atom is 0.224 e. The van der Waals surface area contributed by atoms with Crippen molar-refractivity contribution >= 4 is 33.3 Å². The molecule has 2 rings (SSSR count). The molecule has 1 aromatic rings. The molecule has 1 N–H and O–H groups in total. The number of nitrogens with one attached hydrogen (secondary N) is 1. The molecule has 0 spiro atoms. The third-order valence-corrected chi connectivity index (χ3v) is 3.27. The fraction of sp³-hybridized carbons (Fsp3) is 0.385. The van der Waals surface area contributed by atoms with E-state index < -0.39 is 0 Å². The van der Waals surface area contributed by atoms with E-state index in [1.54, 1.807) is 6.07 Å². The van der Waals surface area contributed by atoms with Gasteiger partial charge < -0.3 is 5.32 Å². The van der Waals surface area contributed by atoms with E-state index in [-0.39, 0.29) is 11.7 Å². The lowest BCUT2D eigenvalue weighted by molar-refractivity contribution is -0.116. The summed E-state index contributed by atoms with van der Waals surface area (Å²) >= 11 is 3.26. The topological polar surface area (TPSA) is 46.2 Å². The van der Waals surface area contributed by atoms with E-state index in [1.165, 1.54) is 0 Å². The number of hydrogen-bond donors (Lipinski definition) is 1. The van der Waals surface area contributed by atoms with E-state index in [0.717, 1.165) is 29.7 Å². The van der Waals surface area contributed by atoms with Crippen molar-refractivity contribution in [2.75, 3.05) is 10.6 Å². The number of rotatable bonds is 3. The first kappa shape index (κ1) is 12.3. The molecule has 1 aromatic carbocycles. The molecular formula is C13H14BrNO2. The zero-order valence-corrected chi connectivity index (χ0v) is 11.0. The lowest BCUT2D eigenvalue weighted by Gasteiger charge is -2.08. The van der Waals surface area contributed by atoms with Crippen LogP contribution in [0.3, 0.4) is 0 Å². The Balaban J connectivity index is 2.27. The van der Waals surface area contributed by atoms with E-state index >= 15 is 0 Å². The molecule has 0 atom stereocenters. The van der Waals surface area contributed by atoms with Gasteiger partial charge in [-0.2, -0.15) is 0 Å². The van der Waals surface area contributed by atoms with Gasteiger partial charge in [0.05, 0.1) is 0 Å². The van der Waals surface area contributed by atoms with Gasteiger partial charge in [0.2, 0.25) is 5.91 Å². The molecule has 1 aliphatic heterocycles. The van der Waals surface area contributed by atoms with Crippen LogP contribution in [0.25, 0.3) is 0 Å². The fourth-order valence-electron chi connectivity index (χ4n) is 1.98. The van der Waals surface area contributed by atoms with Crippen LogP contribution in [0.1, 0.15) is 35.2 Å². The van der Waals surface area contributed by atoms with Gasteiger partial charge in [0.15, 0.2) is 5.78 Å². The zero-order valence-electron chi connectivity index (χ0n) is 9.46. The number of ketones is 1. The minimum Gasteiger partial charge on any atom is -0.326 e. The summed E-state index contributed by atoms with van der Waals surface area (Å²) in [6.07, 6.45) is 2.75. The minimum absolute atomic E-state index is 0.0586. The third-order valence-electron chi connectivity index (χ3n) is 2.87. The van der Waals surface area contributed by atoms with Crippen LogP contribution in [0.4, 0.5) is 5.69 Å². The largest absolute Gasteiger partial charge is 0.326 e. The Bertz CT molecular complexity index is 457. The molecule has 0 fully saturated rings. The molecule has 0 radical (unpaired) electrons. The van der Waals surface area contributed by atoms with Crippen LogP contribution in [-0.4, -0.2) is 17.0 Å². The maximum absolute atomic E-state index is 11.8. The molecule has 17 heavy (non-hydrogen) atoms. The fourth-order valence-corrected chi connectivity index (χ4v) is 2.34. The monoisotopic (exact) mass is 295 g/mol. The number of anilines is 1. The quantitative estimate of drug-likeness (QED) is 0.688. The number of aryl methyl sites for hydroxylation is 1. The predicted octanol–water partition coefficient (Wildman–Crippen LogP) is 2.93. The maximum atomic E-state index is 11.8. The Kier molecular flexibility index (Phi) is 3.94. The van der Waals surface area contributed by atoms with E-state index in [1.807, 2.05) is 12.1 Å².